The van der Waals surface area contributed by atoms with Gasteiger partial charge in [0.15, 0.2) is 0 Å². The van der Waals surface area contributed by atoms with Crippen LogP contribution in [0.25, 0.3) is 0 Å². The molecule has 1 aliphatic carbocycles. The minimum absolute atomic E-state index is 0.0139. The number of alkyl halides is 2. The van der Waals surface area contributed by atoms with Crippen molar-refractivity contribution >= 4 is 5.91 Å². The molecule has 0 saturated heterocycles. The van der Waals surface area contributed by atoms with Gasteiger partial charge in [0.1, 0.15) is 17.9 Å². The number of nitrogens with zero attached hydrogens (tertiary/aromatic N) is 2. The molecule has 1 amide bonds. The van der Waals surface area contributed by atoms with Crippen molar-refractivity contribution in [2.24, 2.45) is 0 Å². The van der Waals surface area contributed by atoms with Gasteiger partial charge in [-0.3, -0.25) is 9.89 Å². The number of nitrogens with one attached hydrogen (secondary N) is 2. The largest absolute Gasteiger partial charge is 0.435 e. The zero-order chi connectivity index (χ0) is 16.3. The third-order valence-corrected chi connectivity index (χ3v) is 3.99. The predicted octanol–water partition coefficient (Wildman–Crippen LogP) is 2.14. The summed E-state index contributed by atoms with van der Waals surface area (Å²) in [7, 11) is 0. The van der Waals surface area contributed by atoms with Crippen molar-refractivity contribution in [3.05, 3.63) is 42.0 Å². The second kappa shape index (κ2) is 6.31. The molecule has 1 heterocycles. The maximum Gasteiger partial charge on any atom is 0.387 e. The van der Waals surface area contributed by atoms with Gasteiger partial charge in [-0.05, 0) is 25.3 Å². The van der Waals surface area contributed by atoms with Gasteiger partial charge in [0, 0.05) is 5.56 Å². The first kappa shape index (κ1) is 15.4. The van der Waals surface area contributed by atoms with Crippen molar-refractivity contribution in [3.8, 4) is 5.75 Å². The fraction of sp³-hybridized carbons (Fsp3) is 0.400. The van der Waals surface area contributed by atoms with E-state index >= 15 is 0 Å². The van der Waals surface area contributed by atoms with E-state index in [0.29, 0.717) is 11.4 Å². The van der Waals surface area contributed by atoms with Gasteiger partial charge >= 0.3 is 6.61 Å². The number of hydrogen-bond acceptors (Lipinski definition) is 4. The molecule has 0 atom stereocenters. The van der Waals surface area contributed by atoms with Gasteiger partial charge in [0.2, 0.25) is 5.91 Å². The second-order valence-electron chi connectivity index (χ2n) is 5.48. The zero-order valence-corrected chi connectivity index (χ0v) is 12.3. The summed E-state index contributed by atoms with van der Waals surface area (Å²) in [5.41, 5.74) is -0.121. The van der Waals surface area contributed by atoms with Crippen LogP contribution < -0.4 is 10.1 Å². The molecule has 1 aliphatic rings. The molecule has 0 aliphatic heterocycles. The summed E-state index contributed by atoms with van der Waals surface area (Å²) in [5, 5.41) is 9.55. The molecule has 1 aromatic heterocycles. The lowest BCUT2D eigenvalue weighted by atomic mass is 9.76. The number of aromatic amines is 1. The molecule has 1 saturated carbocycles. The van der Waals surface area contributed by atoms with E-state index in [1.165, 1.54) is 12.4 Å². The average Bonchev–Trinajstić information content (AvgIpc) is 2.99. The van der Waals surface area contributed by atoms with E-state index in [4.69, 9.17) is 0 Å². The third-order valence-electron chi connectivity index (χ3n) is 3.99. The number of H-pyrrole nitrogens is 1. The molecule has 0 radical (unpaired) electrons. The van der Waals surface area contributed by atoms with Crippen molar-refractivity contribution in [2.45, 2.75) is 37.8 Å². The number of para-hydroxylation sites is 1. The Morgan fingerprint density at radius 1 is 1.39 bits per heavy atom. The summed E-state index contributed by atoms with van der Waals surface area (Å²) in [6.45, 7) is -2.92. The van der Waals surface area contributed by atoms with Gasteiger partial charge < -0.3 is 10.1 Å². The van der Waals surface area contributed by atoms with Crippen LogP contribution in [-0.2, 0) is 16.8 Å². The molecule has 0 bridgehead atoms. The fourth-order valence-corrected chi connectivity index (χ4v) is 2.73. The first-order valence-corrected chi connectivity index (χ1v) is 7.29. The maximum atomic E-state index is 12.4. The Hall–Kier alpha value is -2.51. The van der Waals surface area contributed by atoms with Gasteiger partial charge in [-0.25, -0.2) is 4.98 Å². The number of hydrogen-bond donors (Lipinski definition) is 2. The van der Waals surface area contributed by atoms with E-state index in [1.54, 1.807) is 18.2 Å². The first-order chi connectivity index (χ1) is 11.1. The topological polar surface area (TPSA) is 79.9 Å². The van der Waals surface area contributed by atoms with Crippen molar-refractivity contribution in [1.82, 2.24) is 20.5 Å². The second-order valence-corrected chi connectivity index (χ2v) is 5.48. The predicted molar refractivity (Wildman–Crippen MR) is 76.8 cm³/mol. The van der Waals surface area contributed by atoms with E-state index in [2.05, 4.69) is 25.2 Å². The van der Waals surface area contributed by atoms with Gasteiger partial charge in [0.25, 0.3) is 0 Å². The Labute approximate surface area is 131 Å². The van der Waals surface area contributed by atoms with Crippen LogP contribution in [0.3, 0.4) is 0 Å². The van der Waals surface area contributed by atoms with E-state index in [9.17, 15) is 13.6 Å². The van der Waals surface area contributed by atoms with Crippen LogP contribution in [0.5, 0.6) is 5.75 Å². The van der Waals surface area contributed by atoms with Crippen LogP contribution in [0, 0.1) is 0 Å². The number of halogens is 2. The molecular formula is C15H16F2N4O2. The summed E-state index contributed by atoms with van der Waals surface area (Å²) >= 11 is 0. The summed E-state index contributed by atoms with van der Waals surface area (Å²) in [5.74, 6) is 0.362. The fourth-order valence-electron chi connectivity index (χ4n) is 2.73. The molecule has 2 aromatic rings. The third kappa shape index (κ3) is 3.30. The van der Waals surface area contributed by atoms with E-state index in [1.807, 2.05) is 0 Å². The lowest BCUT2D eigenvalue weighted by molar-refractivity contribution is -0.124. The van der Waals surface area contributed by atoms with Gasteiger partial charge in [0.05, 0.1) is 12.0 Å². The number of benzene rings is 1. The van der Waals surface area contributed by atoms with E-state index in [-0.39, 0.29) is 18.1 Å². The SMILES string of the molecule is O=C(Cc1ccccc1OC(F)F)NC1(c2ncn[nH]2)CCC1. The Balaban J connectivity index is 1.70. The number of carbonyl (C=O) groups excluding carboxylic acids is 1. The standard InChI is InChI=1S/C15H16F2N4O2/c16-14(17)23-11-5-2-1-4-10(11)8-12(22)20-15(6-3-7-15)13-18-9-19-21-13/h1-2,4-5,9,14H,3,6-8H2,(H,20,22)(H,18,19,21). The molecule has 0 unspecified atom stereocenters. The van der Waals surface area contributed by atoms with E-state index < -0.39 is 12.2 Å². The van der Waals surface area contributed by atoms with Crippen molar-refractivity contribution in [3.63, 3.8) is 0 Å². The first-order valence-electron chi connectivity index (χ1n) is 7.29. The van der Waals surface area contributed by atoms with Crippen LogP contribution in [-0.4, -0.2) is 27.7 Å². The number of carbonyl (C=O) groups is 1. The highest BCUT2D eigenvalue weighted by Crippen LogP contribution is 2.39. The van der Waals surface area contributed by atoms with Gasteiger partial charge in [-0.15, -0.1) is 0 Å². The molecule has 2 N–H and O–H groups in total. The minimum atomic E-state index is -2.92. The number of ether oxygens (including phenoxy) is 1. The van der Waals surface area contributed by atoms with Crippen LogP contribution in [0.1, 0.15) is 30.7 Å². The van der Waals surface area contributed by atoms with Crippen molar-refractivity contribution in [1.29, 1.82) is 0 Å². The molecule has 23 heavy (non-hydrogen) atoms. The Kier molecular flexibility index (Phi) is 4.22. The van der Waals surface area contributed by atoms with Crippen LogP contribution >= 0.6 is 0 Å². The normalized spacial score (nSPS) is 16.0. The summed E-state index contributed by atoms with van der Waals surface area (Å²) < 4.78 is 29.3. The van der Waals surface area contributed by atoms with Crippen molar-refractivity contribution < 1.29 is 18.3 Å². The molecule has 122 valence electrons. The molecule has 3 rings (SSSR count). The lowest BCUT2D eigenvalue weighted by Crippen LogP contribution is -2.52. The van der Waals surface area contributed by atoms with Crippen LogP contribution in [0.2, 0.25) is 0 Å². The molecule has 6 nitrogen and oxygen atoms in total. The number of amides is 1. The highest BCUT2D eigenvalue weighted by atomic mass is 19.3. The summed E-state index contributed by atoms with van der Waals surface area (Å²) in [6, 6.07) is 6.28. The Morgan fingerprint density at radius 3 is 2.78 bits per heavy atom. The van der Waals surface area contributed by atoms with Gasteiger partial charge in [-0.1, -0.05) is 18.2 Å². The minimum Gasteiger partial charge on any atom is -0.435 e. The zero-order valence-electron chi connectivity index (χ0n) is 12.3. The number of aromatic nitrogens is 3. The molecule has 8 heteroatoms. The summed E-state index contributed by atoms with van der Waals surface area (Å²) in [4.78, 5) is 16.5. The Bertz CT molecular complexity index is 672. The number of rotatable bonds is 6. The van der Waals surface area contributed by atoms with Crippen LogP contribution in [0.15, 0.2) is 30.6 Å². The highest BCUT2D eigenvalue weighted by Gasteiger charge is 2.42. The Morgan fingerprint density at radius 2 is 2.17 bits per heavy atom. The highest BCUT2D eigenvalue weighted by molar-refractivity contribution is 5.80. The molecular weight excluding hydrogens is 306 g/mol. The molecule has 1 aromatic carbocycles. The summed E-state index contributed by atoms with van der Waals surface area (Å²) in [6.07, 6.45) is 3.87. The quantitative estimate of drug-likeness (QED) is 0.854. The lowest BCUT2D eigenvalue weighted by Gasteiger charge is -2.40. The van der Waals surface area contributed by atoms with Gasteiger partial charge in [-0.2, -0.15) is 13.9 Å². The molecule has 1 fully saturated rings. The maximum absolute atomic E-state index is 12.4. The van der Waals surface area contributed by atoms with E-state index in [0.717, 1.165) is 19.3 Å². The smallest absolute Gasteiger partial charge is 0.387 e. The van der Waals surface area contributed by atoms with Crippen molar-refractivity contribution in [2.75, 3.05) is 0 Å². The molecule has 0 spiro atoms. The monoisotopic (exact) mass is 322 g/mol. The van der Waals surface area contributed by atoms with Crippen LogP contribution in [0.4, 0.5) is 8.78 Å². The average molecular weight is 322 g/mol.